The van der Waals surface area contributed by atoms with Gasteiger partial charge in [0.2, 0.25) is 5.91 Å². The highest BCUT2D eigenvalue weighted by Crippen LogP contribution is 2.22. The van der Waals surface area contributed by atoms with E-state index in [0.717, 1.165) is 63.8 Å². The molecule has 4 heteroatoms. The predicted molar refractivity (Wildman–Crippen MR) is 99.5 cm³/mol. The minimum atomic E-state index is 0.184. The first-order valence-electron chi connectivity index (χ1n) is 9.77. The van der Waals surface area contributed by atoms with Crippen molar-refractivity contribution in [2.24, 2.45) is 5.92 Å². The molecule has 3 rings (SSSR count). The Morgan fingerprint density at radius 3 is 2.04 bits per heavy atom. The normalized spacial score (nSPS) is 19.6. The molecule has 2 aliphatic heterocycles. The van der Waals surface area contributed by atoms with Crippen molar-refractivity contribution in [1.82, 2.24) is 9.80 Å². The van der Waals surface area contributed by atoms with Gasteiger partial charge in [0, 0.05) is 38.7 Å². The zero-order valence-electron chi connectivity index (χ0n) is 15.4. The van der Waals surface area contributed by atoms with Gasteiger partial charge in [-0.3, -0.25) is 9.59 Å². The minimum absolute atomic E-state index is 0.184. The monoisotopic (exact) mass is 342 g/mol. The lowest BCUT2D eigenvalue weighted by Gasteiger charge is -2.31. The number of carbonyl (C=O) groups excluding carboxylic acids is 2. The second kappa shape index (κ2) is 8.50. The van der Waals surface area contributed by atoms with Crippen LogP contribution < -0.4 is 0 Å². The van der Waals surface area contributed by atoms with Gasteiger partial charge in [-0.1, -0.05) is 25.0 Å². The summed E-state index contributed by atoms with van der Waals surface area (Å²) in [6.07, 6.45) is 7.94. The summed E-state index contributed by atoms with van der Waals surface area (Å²) in [6, 6.07) is 8.21. The van der Waals surface area contributed by atoms with Crippen LogP contribution in [0.15, 0.2) is 24.3 Å². The van der Waals surface area contributed by atoms with Gasteiger partial charge in [0.05, 0.1) is 0 Å². The molecule has 2 amide bonds. The molecule has 4 nitrogen and oxygen atoms in total. The van der Waals surface area contributed by atoms with Gasteiger partial charge in [-0.2, -0.15) is 0 Å². The van der Waals surface area contributed by atoms with E-state index in [9.17, 15) is 9.59 Å². The number of piperidine rings is 1. The lowest BCUT2D eigenvalue weighted by atomic mass is 9.90. The summed E-state index contributed by atoms with van der Waals surface area (Å²) in [7, 11) is 0. The van der Waals surface area contributed by atoms with Gasteiger partial charge in [-0.25, -0.2) is 0 Å². The first kappa shape index (κ1) is 18.0. The Bertz CT molecular complexity index is 580. The van der Waals surface area contributed by atoms with E-state index in [1.165, 1.54) is 18.4 Å². The number of nitrogens with zero attached hydrogens (tertiary/aromatic N) is 2. The SMILES string of the molecule is CC(=O)N1CCC(Cc2ccc(C(=O)N3CCCCCC3)cc2)CC1. The third kappa shape index (κ3) is 4.83. The number of carbonyl (C=O) groups is 2. The lowest BCUT2D eigenvalue weighted by molar-refractivity contribution is -0.130. The average Bonchev–Trinajstić information content (AvgIpc) is 2.92. The maximum Gasteiger partial charge on any atom is 0.253 e. The van der Waals surface area contributed by atoms with E-state index in [0.29, 0.717) is 5.92 Å². The largest absolute Gasteiger partial charge is 0.343 e. The van der Waals surface area contributed by atoms with E-state index in [2.05, 4.69) is 12.1 Å². The molecule has 0 unspecified atom stereocenters. The number of hydrogen-bond donors (Lipinski definition) is 0. The molecular formula is C21H30N2O2. The summed E-state index contributed by atoms with van der Waals surface area (Å²) in [6.45, 7) is 5.21. The summed E-state index contributed by atoms with van der Waals surface area (Å²) in [5.74, 6) is 1.01. The van der Waals surface area contributed by atoms with Crippen LogP contribution in [0.4, 0.5) is 0 Å². The summed E-state index contributed by atoms with van der Waals surface area (Å²) < 4.78 is 0. The molecule has 0 spiro atoms. The average molecular weight is 342 g/mol. The highest BCUT2D eigenvalue weighted by atomic mass is 16.2. The first-order chi connectivity index (χ1) is 12.1. The number of benzene rings is 1. The summed E-state index contributed by atoms with van der Waals surface area (Å²) >= 11 is 0. The number of amides is 2. The Morgan fingerprint density at radius 2 is 1.48 bits per heavy atom. The molecule has 136 valence electrons. The number of hydrogen-bond acceptors (Lipinski definition) is 2. The van der Waals surface area contributed by atoms with E-state index in [4.69, 9.17) is 0 Å². The molecule has 0 N–H and O–H groups in total. The molecule has 0 aromatic heterocycles. The van der Waals surface area contributed by atoms with E-state index < -0.39 is 0 Å². The Kier molecular flexibility index (Phi) is 6.11. The maximum absolute atomic E-state index is 12.6. The Hall–Kier alpha value is -1.84. The van der Waals surface area contributed by atoms with Crippen LogP contribution in [0.2, 0.25) is 0 Å². The summed E-state index contributed by atoms with van der Waals surface area (Å²) in [4.78, 5) is 28.0. The summed E-state index contributed by atoms with van der Waals surface area (Å²) in [5.41, 5.74) is 2.12. The highest BCUT2D eigenvalue weighted by Gasteiger charge is 2.21. The van der Waals surface area contributed by atoms with E-state index in [-0.39, 0.29) is 11.8 Å². The van der Waals surface area contributed by atoms with Crippen LogP contribution in [0.3, 0.4) is 0 Å². The van der Waals surface area contributed by atoms with Gasteiger partial charge < -0.3 is 9.80 Å². The van der Waals surface area contributed by atoms with Crippen LogP contribution in [0.1, 0.15) is 61.4 Å². The fourth-order valence-electron chi connectivity index (χ4n) is 4.03. The second-order valence-corrected chi connectivity index (χ2v) is 7.56. The number of likely N-dealkylation sites (tertiary alicyclic amines) is 2. The third-order valence-corrected chi connectivity index (χ3v) is 5.68. The van der Waals surface area contributed by atoms with Crippen molar-refractivity contribution in [2.75, 3.05) is 26.2 Å². The smallest absolute Gasteiger partial charge is 0.253 e. The van der Waals surface area contributed by atoms with Crippen LogP contribution in [-0.4, -0.2) is 47.8 Å². The molecule has 2 heterocycles. The molecule has 0 saturated carbocycles. The first-order valence-corrected chi connectivity index (χ1v) is 9.77. The van der Waals surface area contributed by atoms with Gasteiger partial charge in [0.25, 0.3) is 5.91 Å². The van der Waals surface area contributed by atoms with Crippen LogP contribution in [-0.2, 0) is 11.2 Å². The van der Waals surface area contributed by atoms with Crippen molar-refractivity contribution in [3.8, 4) is 0 Å². The molecule has 1 aromatic rings. The zero-order chi connectivity index (χ0) is 17.6. The fourth-order valence-corrected chi connectivity index (χ4v) is 4.03. The summed E-state index contributed by atoms with van der Waals surface area (Å²) in [5, 5.41) is 0. The van der Waals surface area contributed by atoms with Gasteiger partial charge >= 0.3 is 0 Å². The van der Waals surface area contributed by atoms with Crippen molar-refractivity contribution in [3.05, 3.63) is 35.4 Å². The van der Waals surface area contributed by atoms with Crippen molar-refractivity contribution < 1.29 is 9.59 Å². The van der Waals surface area contributed by atoms with Gasteiger partial charge in [-0.05, 0) is 55.7 Å². The molecule has 0 radical (unpaired) electrons. The molecule has 0 bridgehead atoms. The fraction of sp³-hybridized carbons (Fsp3) is 0.619. The molecule has 2 aliphatic rings. The molecule has 25 heavy (non-hydrogen) atoms. The predicted octanol–water partition coefficient (Wildman–Crippen LogP) is 3.50. The van der Waals surface area contributed by atoms with Crippen LogP contribution in [0.25, 0.3) is 0 Å². The van der Waals surface area contributed by atoms with E-state index in [1.54, 1.807) is 6.92 Å². The van der Waals surface area contributed by atoms with Gasteiger partial charge in [0.15, 0.2) is 0 Å². The van der Waals surface area contributed by atoms with Gasteiger partial charge in [0.1, 0.15) is 0 Å². The van der Waals surface area contributed by atoms with Crippen molar-refractivity contribution >= 4 is 11.8 Å². The standard InChI is InChI=1S/C21H30N2O2/c1-17(24)22-14-10-19(11-15-22)16-18-6-8-20(9-7-18)21(25)23-12-4-2-3-5-13-23/h6-9,19H,2-5,10-16H2,1H3. The van der Waals surface area contributed by atoms with Gasteiger partial charge in [-0.15, -0.1) is 0 Å². The van der Waals surface area contributed by atoms with Crippen LogP contribution >= 0.6 is 0 Å². The molecule has 2 fully saturated rings. The molecule has 2 saturated heterocycles. The quantitative estimate of drug-likeness (QED) is 0.843. The minimum Gasteiger partial charge on any atom is -0.343 e. The molecule has 1 aromatic carbocycles. The van der Waals surface area contributed by atoms with Crippen molar-refractivity contribution in [1.29, 1.82) is 0 Å². The number of rotatable bonds is 3. The van der Waals surface area contributed by atoms with Crippen molar-refractivity contribution in [2.45, 2.75) is 51.9 Å². The third-order valence-electron chi connectivity index (χ3n) is 5.68. The highest BCUT2D eigenvalue weighted by molar-refractivity contribution is 5.94. The Labute approximate surface area is 151 Å². The zero-order valence-corrected chi connectivity index (χ0v) is 15.4. The van der Waals surface area contributed by atoms with Crippen molar-refractivity contribution in [3.63, 3.8) is 0 Å². The maximum atomic E-state index is 12.6. The lowest BCUT2D eigenvalue weighted by Crippen LogP contribution is -2.37. The Balaban J connectivity index is 1.53. The second-order valence-electron chi connectivity index (χ2n) is 7.56. The van der Waals surface area contributed by atoms with Crippen LogP contribution in [0, 0.1) is 5.92 Å². The Morgan fingerprint density at radius 1 is 0.880 bits per heavy atom. The van der Waals surface area contributed by atoms with E-state index >= 15 is 0 Å². The van der Waals surface area contributed by atoms with Crippen LogP contribution in [0.5, 0.6) is 0 Å². The molecular weight excluding hydrogens is 312 g/mol. The molecule has 0 atom stereocenters. The molecule has 0 aliphatic carbocycles. The topological polar surface area (TPSA) is 40.6 Å². The van der Waals surface area contributed by atoms with E-state index in [1.807, 2.05) is 21.9 Å².